The van der Waals surface area contributed by atoms with Crippen molar-refractivity contribution in [2.45, 2.75) is 64.8 Å². The summed E-state index contributed by atoms with van der Waals surface area (Å²) in [5, 5.41) is 2.48. The molecule has 0 saturated carbocycles. The van der Waals surface area contributed by atoms with Gasteiger partial charge in [-0.05, 0) is 21.8 Å². The molecule has 2 aromatic rings. The summed E-state index contributed by atoms with van der Waals surface area (Å²) >= 11 is 0. The number of ether oxygens (including phenoxy) is 11. The van der Waals surface area contributed by atoms with Crippen molar-refractivity contribution in [1.29, 1.82) is 0 Å². The van der Waals surface area contributed by atoms with Crippen LogP contribution in [0.5, 0.6) is 0 Å². The Kier molecular flexibility index (Phi) is 33.4. The quantitative estimate of drug-likeness (QED) is 0.0603. The highest BCUT2D eigenvalue weighted by molar-refractivity contribution is 6.99. The highest BCUT2D eigenvalue weighted by atomic mass is 28.4. The summed E-state index contributed by atoms with van der Waals surface area (Å²) in [6.07, 6.45) is 6.27. The molecule has 0 aliphatic rings. The maximum absolute atomic E-state index is 6.86. The molecule has 13 heteroatoms. The maximum atomic E-state index is 6.86. The van der Waals surface area contributed by atoms with Gasteiger partial charge < -0.3 is 56.5 Å². The lowest BCUT2D eigenvalue weighted by Crippen LogP contribution is -2.66. The van der Waals surface area contributed by atoms with E-state index in [2.05, 4.69) is 88.4 Å². The van der Waals surface area contributed by atoms with Gasteiger partial charge in [-0.25, -0.2) is 0 Å². The number of unbranched alkanes of at least 4 members (excludes halogenated alkanes) is 4. The van der Waals surface area contributed by atoms with Crippen molar-refractivity contribution in [2.75, 3.05) is 152 Å². The average molecular weight is 839 g/mol. The van der Waals surface area contributed by atoms with Gasteiger partial charge in [0.15, 0.2) is 0 Å². The van der Waals surface area contributed by atoms with Crippen LogP contribution in [-0.2, 0) is 56.5 Å². The summed E-state index contributed by atoms with van der Waals surface area (Å²) < 4.78 is 68.3. The largest absolute Gasteiger partial charge is 0.405 e. The second kappa shape index (κ2) is 37.0. The van der Waals surface area contributed by atoms with Crippen LogP contribution in [-0.4, -0.2) is 160 Å². The van der Waals surface area contributed by atoms with Gasteiger partial charge in [-0.1, -0.05) is 114 Å². The minimum absolute atomic E-state index is 0.0564. The van der Waals surface area contributed by atoms with E-state index in [9.17, 15) is 0 Å². The van der Waals surface area contributed by atoms with Gasteiger partial charge >= 0.3 is 0 Å². The summed E-state index contributed by atoms with van der Waals surface area (Å²) in [5.74, 6) is 0. The Morgan fingerprint density at radius 3 is 0.862 bits per heavy atom. The van der Waals surface area contributed by atoms with Gasteiger partial charge in [0.05, 0.1) is 145 Å². The van der Waals surface area contributed by atoms with E-state index in [-0.39, 0.29) is 5.04 Å². The van der Waals surface area contributed by atoms with Crippen molar-refractivity contribution in [2.24, 2.45) is 0 Å². The van der Waals surface area contributed by atoms with E-state index in [1.54, 1.807) is 0 Å². The third kappa shape index (κ3) is 25.7. The molecule has 0 radical (unpaired) electrons. The van der Waals surface area contributed by atoms with Gasteiger partial charge in [0.2, 0.25) is 0 Å². The molecule has 0 saturated heterocycles. The topological polar surface area (TPSA) is 111 Å². The highest BCUT2D eigenvalue weighted by Crippen LogP contribution is 2.36. The zero-order valence-electron chi connectivity index (χ0n) is 36.5. The molecular formula is C45H78O12Si. The van der Waals surface area contributed by atoms with Crippen LogP contribution >= 0.6 is 0 Å². The first-order valence-corrected chi connectivity index (χ1v) is 23.5. The molecule has 0 spiro atoms. The van der Waals surface area contributed by atoms with Gasteiger partial charge in [0, 0.05) is 6.61 Å². The number of benzene rings is 2. The zero-order chi connectivity index (χ0) is 41.5. The van der Waals surface area contributed by atoms with E-state index in [1.807, 2.05) is 0 Å². The molecule has 0 atom stereocenters. The molecular weight excluding hydrogens is 761 g/mol. The Morgan fingerprint density at radius 2 is 0.586 bits per heavy atom. The molecule has 0 aliphatic carbocycles. The van der Waals surface area contributed by atoms with Crippen molar-refractivity contribution >= 4 is 18.7 Å². The Labute approximate surface area is 351 Å². The van der Waals surface area contributed by atoms with E-state index in [1.165, 1.54) is 36.1 Å². The Hall–Kier alpha value is -1.82. The first-order chi connectivity index (χ1) is 28.5. The fraction of sp³-hybridized carbons (Fsp3) is 0.733. The molecule has 0 aliphatic heterocycles. The summed E-state index contributed by atoms with van der Waals surface area (Å²) in [5.41, 5.74) is 0. The molecule has 0 heterocycles. The van der Waals surface area contributed by atoms with E-state index >= 15 is 0 Å². The molecule has 2 aromatic carbocycles. The lowest BCUT2D eigenvalue weighted by Gasteiger charge is -2.43. The van der Waals surface area contributed by atoms with E-state index in [0.717, 1.165) is 13.0 Å². The Morgan fingerprint density at radius 1 is 0.328 bits per heavy atom. The summed E-state index contributed by atoms with van der Waals surface area (Å²) in [4.78, 5) is 0. The number of hydrogen-bond acceptors (Lipinski definition) is 12. The van der Waals surface area contributed by atoms with Crippen LogP contribution in [0.2, 0.25) is 5.04 Å². The van der Waals surface area contributed by atoms with E-state index in [4.69, 9.17) is 56.5 Å². The van der Waals surface area contributed by atoms with Gasteiger partial charge in [0.1, 0.15) is 0 Å². The Balaban J connectivity index is 1.26. The monoisotopic (exact) mass is 839 g/mol. The maximum Gasteiger partial charge on any atom is 0.261 e. The van der Waals surface area contributed by atoms with Crippen LogP contribution in [0.25, 0.3) is 0 Å². The van der Waals surface area contributed by atoms with Gasteiger partial charge in [-0.3, -0.25) is 0 Å². The second-order valence-corrected chi connectivity index (χ2v) is 19.0. The van der Waals surface area contributed by atoms with Crippen LogP contribution in [0.4, 0.5) is 0 Å². The minimum Gasteiger partial charge on any atom is -0.405 e. The molecule has 334 valence electrons. The third-order valence-corrected chi connectivity index (χ3v) is 14.1. The fourth-order valence-electron chi connectivity index (χ4n) is 6.12. The van der Waals surface area contributed by atoms with Crippen LogP contribution in [0.15, 0.2) is 60.7 Å². The lowest BCUT2D eigenvalue weighted by molar-refractivity contribution is -0.0277. The van der Waals surface area contributed by atoms with Crippen molar-refractivity contribution < 1.29 is 56.5 Å². The third-order valence-electron chi connectivity index (χ3n) is 9.08. The normalized spacial score (nSPS) is 12.1. The van der Waals surface area contributed by atoms with Crippen LogP contribution < -0.4 is 10.4 Å². The zero-order valence-corrected chi connectivity index (χ0v) is 37.5. The van der Waals surface area contributed by atoms with Crippen molar-refractivity contribution in [3.05, 3.63) is 60.7 Å². The van der Waals surface area contributed by atoms with Crippen molar-refractivity contribution in [1.82, 2.24) is 0 Å². The minimum atomic E-state index is -2.54. The SMILES string of the molecule is CCCCCCCOCCOCCOCCOCCOCCOCCOCCOCCOCCOCCOCCO[Si](c1ccccc1)(c1ccccc1)C(C)(C)C. The second-order valence-electron chi connectivity index (χ2n) is 14.7. The summed E-state index contributed by atoms with van der Waals surface area (Å²) in [6.45, 7) is 21.5. The molecule has 0 unspecified atom stereocenters. The number of rotatable bonds is 42. The van der Waals surface area contributed by atoms with Crippen LogP contribution in [0.1, 0.15) is 59.8 Å². The van der Waals surface area contributed by atoms with Crippen molar-refractivity contribution in [3.63, 3.8) is 0 Å². The van der Waals surface area contributed by atoms with Crippen LogP contribution in [0.3, 0.4) is 0 Å². The molecule has 0 fully saturated rings. The van der Waals surface area contributed by atoms with E-state index < -0.39 is 8.32 Å². The van der Waals surface area contributed by atoms with Gasteiger partial charge in [-0.2, -0.15) is 0 Å². The first kappa shape index (κ1) is 52.3. The van der Waals surface area contributed by atoms with Crippen LogP contribution in [0, 0.1) is 0 Å². The molecule has 0 N–H and O–H groups in total. The number of hydrogen-bond donors (Lipinski definition) is 0. The highest BCUT2D eigenvalue weighted by Gasteiger charge is 2.50. The summed E-state index contributed by atoms with van der Waals surface area (Å²) in [6, 6.07) is 21.3. The molecule has 58 heavy (non-hydrogen) atoms. The standard InChI is InChI=1S/C45H78O12Si/c1-5-6-7-8-15-20-46-21-22-47-23-24-48-25-26-49-27-28-50-29-30-51-31-32-52-33-34-53-35-36-54-37-38-55-39-40-56-41-42-57-58(45(2,3)4,43-16-11-9-12-17-43)44-18-13-10-14-19-44/h9-14,16-19H,5-8,15,20-42H2,1-4H3. The summed E-state index contributed by atoms with van der Waals surface area (Å²) in [7, 11) is -2.54. The Bertz CT molecular complexity index is 1100. The van der Waals surface area contributed by atoms with Crippen molar-refractivity contribution in [3.8, 4) is 0 Å². The molecule has 0 amide bonds. The van der Waals surface area contributed by atoms with Gasteiger partial charge in [0.25, 0.3) is 8.32 Å². The fourth-order valence-corrected chi connectivity index (χ4v) is 10.7. The molecule has 0 aromatic heterocycles. The first-order valence-electron chi connectivity index (χ1n) is 21.6. The average Bonchev–Trinajstić information content (AvgIpc) is 3.23. The smallest absolute Gasteiger partial charge is 0.261 e. The van der Waals surface area contributed by atoms with Gasteiger partial charge in [-0.15, -0.1) is 0 Å². The lowest BCUT2D eigenvalue weighted by atomic mass is 10.2. The molecule has 12 nitrogen and oxygen atoms in total. The van der Waals surface area contributed by atoms with E-state index in [0.29, 0.717) is 145 Å². The predicted octanol–water partition coefficient (Wildman–Crippen LogP) is 5.72. The molecule has 0 bridgehead atoms. The molecule has 2 rings (SSSR count). The predicted molar refractivity (Wildman–Crippen MR) is 231 cm³/mol.